The molecule has 0 radical (unpaired) electrons. The van der Waals surface area contributed by atoms with Crippen LogP contribution in [0.2, 0.25) is 0 Å². The molecule has 3 rings (SSSR count). The second kappa shape index (κ2) is 5.21. The van der Waals surface area contributed by atoms with Gasteiger partial charge in [0, 0.05) is 12.3 Å². The van der Waals surface area contributed by atoms with E-state index in [2.05, 4.69) is 18.0 Å². The van der Waals surface area contributed by atoms with Gasteiger partial charge >= 0.3 is 0 Å². The Hall–Kier alpha value is -1.21. The summed E-state index contributed by atoms with van der Waals surface area (Å²) in [5.41, 5.74) is 1.03. The highest BCUT2D eigenvalue weighted by Gasteiger charge is 2.50. The van der Waals surface area contributed by atoms with Crippen molar-refractivity contribution < 1.29 is 4.39 Å². The Labute approximate surface area is 129 Å². The summed E-state index contributed by atoms with van der Waals surface area (Å²) in [5.74, 6) is 0.199. The molecule has 21 heavy (non-hydrogen) atoms. The standard InChI is InChI=1S/C16H19ClFN3/c1-9-6-10(8-19)7-11-14(9)21-15(20-11)16(2)12(17)4-3-5-13(16)18/h3-4,9-10,12-13,15H,5-7H2,1-2H3. The van der Waals surface area contributed by atoms with Crippen LogP contribution in [-0.4, -0.2) is 29.1 Å². The molecule has 3 nitrogen and oxygen atoms in total. The number of rotatable bonds is 1. The normalized spacial score (nSPS) is 45.6. The Morgan fingerprint density at radius 3 is 2.90 bits per heavy atom. The Morgan fingerprint density at radius 1 is 1.48 bits per heavy atom. The first-order valence-electron chi connectivity index (χ1n) is 7.46. The summed E-state index contributed by atoms with van der Waals surface area (Å²) >= 11 is 6.37. The third-order valence-corrected chi connectivity index (χ3v) is 5.65. The number of nitrogens with zero attached hydrogens (tertiary/aromatic N) is 3. The number of hydrogen-bond donors (Lipinski definition) is 0. The highest BCUT2D eigenvalue weighted by atomic mass is 35.5. The molecular weight excluding hydrogens is 289 g/mol. The molecule has 0 saturated heterocycles. The second-order valence-corrected chi connectivity index (χ2v) is 7.00. The Bertz CT molecular complexity index is 577. The van der Waals surface area contributed by atoms with Crippen molar-refractivity contribution in [1.29, 1.82) is 5.26 Å². The van der Waals surface area contributed by atoms with Crippen LogP contribution < -0.4 is 0 Å². The first kappa shape index (κ1) is 14.7. The predicted molar refractivity (Wildman–Crippen MR) is 82.6 cm³/mol. The third-order valence-electron chi connectivity index (χ3n) is 5.04. The average molecular weight is 308 g/mol. The van der Waals surface area contributed by atoms with E-state index >= 15 is 0 Å². The summed E-state index contributed by atoms with van der Waals surface area (Å²) in [5, 5.41) is 8.73. The highest BCUT2D eigenvalue weighted by Crippen LogP contribution is 2.45. The molecule has 1 heterocycles. The van der Waals surface area contributed by atoms with E-state index in [0.717, 1.165) is 17.8 Å². The predicted octanol–water partition coefficient (Wildman–Crippen LogP) is 3.69. The molecular formula is C16H19ClFN3. The van der Waals surface area contributed by atoms with Gasteiger partial charge in [-0.1, -0.05) is 26.0 Å². The van der Waals surface area contributed by atoms with Crippen LogP contribution in [0.15, 0.2) is 22.1 Å². The van der Waals surface area contributed by atoms with Crippen LogP contribution in [0.5, 0.6) is 0 Å². The van der Waals surface area contributed by atoms with Gasteiger partial charge in [-0.05, 0) is 12.8 Å². The number of alkyl halides is 2. The number of aliphatic imine (C=N–C) groups is 2. The minimum absolute atomic E-state index is 0.0107. The Balaban J connectivity index is 1.94. The number of halogens is 2. The van der Waals surface area contributed by atoms with Gasteiger partial charge in [0.25, 0.3) is 0 Å². The van der Waals surface area contributed by atoms with E-state index in [9.17, 15) is 4.39 Å². The van der Waals surface area contributed by atoms with E-state index in [0.29, 0.717) is 12.8 Å². The topological polar surface area (TPSA) is 48.5 Å². The van der Waals surface area contributed by atoms with Gasteiger partial charge in [0.05, 0.1) is 34.2 Å². The molecule has 0 aromatic carbocycles. The maximum Gasteiger partial charge on any atom is 0.150 e. The van der Waals surface area contributed by atoms with Crippen LogP contribution >= 0.6 is 11.6 Å². The van der Waals surface area contributed by atoms with Crippen LogP contribution in [0.3, 0.4) is 0 Å². The molecule has 0 bridgehead atoms. The SMILES string of the molecule is CC1CC(C#N)CC2=NC(C3(C)C(Cl)C=CCC3F)N=C21. The Morgan fingerprint density at radius 2 is 2.24 bits per heavy atom. The molecule has 112 valence electrons. The molecule has 0 amide bonds. The second-order valence-electron chi connectivity index (χ2n) is 6.53. The zero-order chi connectivity index (χ0) is 15.2. The van der Waals surface area contributed by atoms with Crippen molar-refractivity contribution in [2.45, 2.75) is 50.8 Å². The maximum absolute atomic E-state index is 14.5. The highest BCUT2D eigenvalue weighted by molar-refractivity contribution is 6.44. The van der Waals surface area contributed by atoms with Crippen LogP contribution in [0.4, 0.5) is 4.39 Å². The van der Waals surface area contributed by atoms with Crippen LogP contribution in [-0.2, 0) is 0 Å². The third kappa shape index (κ3) is 2.23. The van der Waals surface area contributed by atoms with E-state index in [-0.39, 0.29) is 11.8 Å². The van der Waals surface area contributed by atoms with E-state index in [4.69, 9.17) is 21.9 Å². The number of allylic oxidation sites excluding steroid dienone is 2. The number of fused-ring (bicyclic) bond motifs is 1. The lowest BCUT2D eigenvalue weighted by Gasteiger charge is -2.39. The quantitative estimate of drug-likeness (QED) is 0.538. The van der Waals surface area contributed by atoms with Crippen molar-refractivity contribution in [2.75, 3.05) is 0 Å². The molecule has 0 aromatic rings. The van der Waals surface area contributed by atoms with E-state index < -0.39 is 23.1 Å². The fourth-order valence-corrected chi connectivity index (χ4v) is 3.86. The summed E-state index contributed by atoms with van der Waals surface area (Å²) in [4.78, 5) is 9.36. The van der Waals surface area contributed by atoms with Crippen molar-refractivity contribution in [1.82, 2.24) is 0 Å². The number of nitriles is 1. The molecule has 6 atom stereocenters. The zero-order valence-electron chi connectivity index (χ0n) is 12.3. The lowest BCUT2D eigenvalue weighted by Crippen LogP contribution is -2.46. The van der Waals surface area contributed by atoms with Gasteiger partial charge in [0.1, 0.15) is 12.3 Å². The molecule has 2 aliphatic carbocycles. The molecule has 5 heteroatoms. The molecule has 0 spiro atoms. The molecule has 1 aliphatic heterocycles. The summed E-state index contributed by atoms with van der Waals surface area (Å²) in [7, 11) is 0. The van der Waals surface area contributed by atoms with Crippen LogP contribution in [0.1, 0.15) is 33.1 Å². The smallest absolute Gasteiger partial charge is 0.150 e. The first-order chi connectivity index (χ1) is 9.96. The van der Waals surface area contributed by atoms with Crippen LogP contribution in [0.25, 0.3) is 0 Å². The van der Waals surface area contributed by atoms with Gasteiger partial charge in [-0.3, -0.25) is 9.98 Å². The summed E-state index contributed by atoms with van der Waals surface area (Å²) in [6.45, 7) is 3.90. The fraction of sp³-hybridized carbons (Fsp3) is 0.688. The van der Waals surface area contributed by atoms with Crippen molar-refractivity contribution in [3.8, 4) is 6.07 Å². The van der Waals surface area contributed by atoms with Crippen molar-refractivity contribution in [2.24, 2.45) is 27.2 Å². The van der Waals surface area contributed by atoms with Gasteiger partial charge < -0.3 is 0 Å². The van der Waals surface area contributed by atoms with Gasteiger partial charge in [0.15, 0.2) is 0 Å². The summed E-state index contributed by atoms with van der Waals surface area (Å²) < 4.78 is 14.5. The van der Waals surface area contributed by atoms with Crippen molar-refractivity contribution in [3.63, 3.8) is 0 Å². The van der Waals surface area contributed by atoms with Crippen molar-refractivity contribution >= 4 is 23.0 Å². The first-order valence-corrected chi connectivity index (χ1v) is 7.89. The van der Waals surface area contributed by atoms with Crippen molar-refractivity contribution in [3.05, 3.63) is 12.2 Å². The molecule has 3 aliphatic rings. The summed E-state index contributed by atoms with van der Waals surface area (Å²) in [6, 6.07) is 2.32. The zero-order valence-corrected chi connectivity index (χ0v) is 13.0. The lowest BCUT2D eigenvalue weighted by molar-refractivity contribution is 0.0986. The largest absolute Gasteiger partial charge is 0.260 e. The molecule has 1 saturated carbocycles. The van der Waals surface area contributed by atoms with Crippen LogP contribution in [0, 0.1) is 28.6 Å². The number of hydrogen-bond acceptors (Lipinski definition) is 3. The van der Waals surface area contributed by atoms with Gasteiger partial charge in [-0.15, -0.1) is 11.6 Å². The molecule has 1 fully saturated rings. The average Bonchev–Trinajstić information content (AvgIpc) is 2.89. The van der Waals surface area contributed by atoms with Gasteiger partial charge in [0.2, 0.25) is 0 Å². The van der Waals surface area contributed by atoms with Gasteiger partial charge in [-0.25, -0.2) is 4.39 Å². The van der Waals surface area contributed by atoms with Gasteiger partial charge in [-0.2, -0.15) is 5.26 Å². The molecule has 0 aromatic heterocycles. The monoisotopic (exact) mass is 307 g/mol. The summed E-state index contributed by atoms with van der Waals surface area (Å²) in [6.07, 6.45) is 3.92. The molecule has 0 N–H and O–H groups in total. The van der Waals surface area contributed by atoms with E-state index in [1.54, 1.807) is 6.08 Å². The fourth-order valence-electron chi connectivity index (χ4n) is 3.51. The maximum atomic E-state index is 14.5. The van der Waals surface area contributed by atoms with E-state index in [1.165, 1.54) is 0 Å². The minimum Gasteiger partial charge on any atom is -0.260 e. The Kier molecular flexibility index (Phi) is 3.65. The molecule has 6 unspecified atom stereocenters. The minimum atomic E-state index is -1.05. The van der Waals surface area contributed by atoms with E-state index in [1.807, 2.05) is 13.0 Å². The lowest BCUT2D eigenvalue weighted by atomic mass is 9.74.